The number of hydrogen-bond acceptors (Lipinski definition) is 6. The number of amides is 3. The van der Waals surface area contributed by atoms with Crippen LogP contribution in [0.25, 0.3) is 0 Å². The molecule has 1 N–H and O–H groups in total. The van der Waals surface area contributed by atoms with Gasteiger partial charge in [0, 0.05) is 38.1 Å². The molecular formula is C20H32N2O6. The van der Waals surface area contributed by atoms with E-state index in [1.54, 1.807) is 0 Å². The highest BCUT2D eigenvalue weighted by Crippen LogP contribution is 2.19. The Morgan fingerprint density at radius 1 is 1.14 bits per heavy atom. The van der Waals surface area contributed by atoms with Crippen LogP contribution < -0.4 is 5.32 Å². The summed E-state index contributed by atoms with van der Waals surface area (Å²) in [6.45, 7) is 9.02. The molecule has 0 saturated heterocycles. The van der Waals surface area contributed by atoms with Gasteiger partial charge < -0.3 is 19.6 Å². The Hall–Kier alpha value is -2.06. The molecule has 1 aliphatic heterocycles. The van der Waals surface area contributed by atoms with E-state index in [1.165, 1.54) is 12.2 Å². The van der Waals surface area contributed by atoms with E-state index in [0.29, 0.717) is 39.0 Å². The molecule has 1 atom stereocenters. The predicted molar refractivity (Wildman–Crippen MR) is 103 cm³/mol. The fraction of sp³-hybridized carbons (Fsp3) is 0.700. The maximum Gasteiger partial charge on any atom is 0.253 e. The topological polar surface area (TPSA) is 102 Å². The van der Waals surface area contributed by atoms with Crippen molar-refractivity contribution in [3.8, 4) is 0 Å². The number of aldehydes is 1. The number of nitrogens with one attached hydrogen (secondary N) is 1. The monoisotopic (exact) mass is 396 g/mol. The van der Waals surface area contributed by atoms with Crippen LogP contribution in [0.4, 0.5) is 0 Å². The Kier molecular flexibility index (Phi) is 9.48. The number of imide groups is 1. The number of hydrogen-bond donors (Lipinski definition) is 1. The molecule has 0 saturated carbocycles. The van der Waals surface area contributed by atoms with Crippen LogP contribution in [-0.4, -0.2) is 66.4 Å². The van der Waals surface area contributed by atoms with Gasteiger partial charge in [-0.25, -0.2) is 0 Å². The molecule has 1 aliphatic rings. The lowest BCUT2D eigenvalue weighted by molar-refractivity contribution is -0.137. The molecule has 0 fully saturated rings. The van der Waals surface area contributed by atoms with E-state index in [4.69, 9.17) is 9.47 Å². The first kappa shape index (κ1) is 24.0. The predicted octanol–water partition coefficient (Wildman–Crippen LogP) is 1.38. The van der Waals surface area contributed by atoms with E-state index >= 15 is 0 Å². The van der Waals surface area contributed by atoms with Crippen LogP contribution in [-0.2, 0) is 28.7 Å². The molecule has 8 heteroatoms. The van der Waals surface area contributed by atoms with Crippen LogP contribution in [0.3, 0.4) is 0 Å². The maximum absolute atomic E-state index is 12.1. The molecule has 28 heavy (non-hydrogen) atoms. The highest BCUT2D eigenvalue weighted by molar-refractivity contribution is 6.13. The van der Waals surface area contributed by atoms with E-state index in [0.717, 1.165) is 11.2 Å². The van der Waals surface area contributed by atoms with Crippen molar-refractivity contribution in [1.29, 1.82) is 0 Å². The Morgan fingerprint density at radius 3 is 2.36 bits per heavy atom. The molecule has 0 aromatic rings. The second kappa shape index (κ2) is 11.1. The van der Waals surface area contributed by atoms with Crippen LogP contribution in [0.5, 0.6) is 0 Å². The number of carbonyl (C=O) groups is 4. The average Bonchev–Trinajstić information content (AvgIpc) is 2.96. The second-order valence-corrected chi connectivity index (χ2v) is 7.65. The van der Waals surface area contributed by atoms with Crippen molar-refractivity contribution >= 4 is 24.0 Å². The van der Waals surface area contributed by atoms with E-state index in [2.05, 4.69) is 5.32 Å². The summed E-state index contributed by atoms with van der Waals surface area (Å²) in [6.07, 6.45) is 5.01. The molecule has 1 unspecified atom stereocenters. The molecule has 3 amide bonds. The van der Waals surface area contributed by atoms with Gasteiger partial charge in [0.05, 0.1) is 24.4 Å². The molecule has 0 aromatic heterocycles. The zero-order valence-electron chi connectivity index (χ0n) is 17.3. The van der Waals surface area contributed by atoms with Gasteiger partial charge in [0.2, 0.25) is 5.91 Å². The third-order valence-corrected chi connectivity index (χ3v) is 4.75. The van der Waals surface area contributed by atoms with Gasteiger partial charge in [0.15, 0.2) is 0 Å². The maximum atomic E-state index is 12.1. The van der Waals surface area contributed by atoms with Crippen molar-refractivity contribution in [1.82, 2.24) is 10.2 Å². The minimum absolute atomic E-state index is 0.0521. The molecule has 8 nitrogen and oxygen atoms in total. The van der Waals surface area contributed by atoms with Crippen molar-refractivity contribution < 1.29 is 28.7 Å². The minimum Gasteiger partial charge on any atom is -0.375 e. The van der Waals surface area contributed by atoms with Gasteiger partial charge in [-0.2, -0.15) is 0 Å². The van der Waals surface area contributed by atoms with E-state index in [1.807, 2.05) is 27.7 Å². The van der Waals surface area contributed by atoms with Crippen molar-refractivity contribution in [2.45, 2.75) is 64.6 Å². The highest BCUT2D eigenvalue weighted by Gasteiger charge is 2.27. The fourth-order valence-corrected chi connectivity index (χ4v) is 2.52. The largest absolute Gasteiger partial charge is 0.375 e. The molecule has 0 spiro atoms. The second-order valence-electron chi connectivity index (χ2n) is 7.65. The molecule has 0 bridgehead atoms. The van der Waals surface area contributed by atoms with Crippen molar-refractivity contribution in [3.63, 3.8) is 0 Å². The molecule has 0 aliphatic carbocycles. The first-order chi connectivity index (χ1) is 13.1. The van der Waals surface area contributed by atoms with Gasteiger partial charge in [0.1, 0.15) is 6.29 Å². The lowest BCUT2D eigenvalue weighted by Crippen LogP contribution is -2.44. The standard InChI is InChI=1S/C20H32N2O6/c1-5-20(4,28-14-10-19(2,3)27-13-6-12-23)15-21-16(24)9-11-22-17(25)7-8-18(22)26/h7-8,12H,5-6,9-11,13-15H2,1-4H3,(H,21,24). The zero-order chi connectivity index (χ0) is 21.2. The molecule has 0 radical (unpaired) electrons. The molecule has 0 aromatic carbocycles. The average molecular weight is 396 g/mol. The third-order valence-electron chi connectivity index (χ3n) is 4.75. The number of ether oxygens (including phenoxy) is 2. The number of rotatable bonds is 14. The van der Waals surface area contributed by atoms with Gasteiger partial charge in [0.25, 0.3) is 11.8 Å². The summed E-state index contributed by atoms with van der Waals surface area (Å²) < 4.78 is 11.7. The Bertz CT molecular complexity index is 584. The highest BCUT2D eigenvalue weighted by atomic mass is 16.5. The number of nitrogens with zero attached hydrogens (tertiary/aromatic N) is 1. The summed E-state index contributed by atoms with van der Waals surface area (Å²) in [5, 5.41) is 2.81. The molecule has 158 valence electrons. The molecular weight excluding hydrogens is 364 g/mol. The Morgan fingerprint density at radius 2 is 1.79 bits per heavy atom. The van der Waals surface area contributed by atoms with Gasteiger partial charge >= 0.3 is 0 Å². The fourth-order valence-electron chi connectivity index (χ4n) is 2.52. The van der Waals surface area contributed by atoms with Gasteiger partial charge in [-0.05, 0) is 33.6 Å². The number of carbonyl (C=O) groups excluding carboxylic acids is 4. The lowest BCUT2D eigenvalue weighted by Gasteiger charge is -2.32. The van der Waals surface area contributed by atoms with Crippen LogP contribution in [0, 0.1) is 0 Å². The zero-order valence-corrected chi connectivity index (χ0v) is 17.3. The Labute approximate surface area is 166 Å². The summed E-state index contributed by atoms with van der Waals surface area (Å²) in [7, 11) is 0. The van der Waals surface area contributed by atoms with Crippen molar-refractivity contribution in [2.24, 2.45) is 0 Å². The molecule has 1 rings (SSSR count). The van der Waals surface area contributed by atoms with E-state index in [9.17, 15) is 19.2 Å². The SMILES string of the molecule is CCC(C)(CNC(=O)CCN1C(=O)C=CC1=O)OCCC(C)(C)OCCC=O. The van der Waals surface area contributed by atoms with Gasteiger partial charge in [-0.15, -0.1) is 0 Å². The van der Waals surface area contributed by atoms with Crippen LogP contribution in [0.1, 0.15) is 53.4 Å². The Balaban J connectivity index is 2.34. The van der Waals surface area contributed by atoms with Gasteiger partial charge in [-0.1, -0.05) is 6.92 Å². The normalized spacial score (nSPS) is 16.4. The van der Waals surface area contributed by atoms with Gasteiger partial charge in [-0.3, -0.25) is 19.3 Å². The van der Waals surface area contributed by atoms with E-state index in [-0.39, 0.29) is 18.9 Å². The summed E-state index contributed by atoms with van der Waals surface area (Å²) in [4.78, 5) is 46.5. The third kappa shape index (κ3) is 8.31. The van der Waals surface area contributed by atoms with Crippen molar-refractivity contribution in [3.05, 3.63) is 12.2 Å². The first-order valence-corrected chi connectivity index (χ1v) is 9.64. The minimum atomic E-state index is -0.532. The smallest absolute Gasteiger partial charge is 0.253 e. The van der Waals surface area contributed by atoms with Crippen LogP contribution in [0.2, 0.25) is 0 Å². The first-order valence-electron chi connectivity index (χ1n) is 9.64. The summed E-state index contributed by atoms with van der Waals surface area (Å²) in [5.41, 5.74) is -0.931. The summed E-state index contributed by atoms with van der Waals surface area (Å²) >= 11 is 0. The lowest BCUT2D eigenvalue weighted by atomic mass is 10.0. The summed E-state index contributed by atoms with van der Waals surface area (Å²) in [6, 6.07) is 0. The summed E-state index contributed by atoms with van der Waals surface area (Å²) in [5.74, 6) is -1.02. The van der Waals surface area contributed by atoms with Crippen LogP contribution >= 0.6 is 0 Å². The quantitative estimate of drug-likeness (QED) is 0.270. The molecule has 1 heterocycles. The van der Waals surface area contributed by atoms with E-state index < -0.39 is 23.0 Å². The van der Waals surface area contributed by atoms with Crippen molar-refractivity contribution in [2.75, 3.05) is 26.3 Å². The van der Waals surface area contributed by atoms with Crippen LogP contribution in [0.15, 0.2) is 12.2 Å².